The highest BCUT2D eigenvalue weighted by Crippen LogP contribution is 2.22. The molecule has 2 nitrogen and oxygen atoms in total. The van der Waals surface area contributed by atoms with Gasteiger partial charge in [-0.2, -0.15) is 0 Å². The lowest BCUT2D eigenvalue weighted by Crippen LogP contribution is -2.12. The van der Waals surface area contributed by atoms with E-state index in [4.69, 9.17) is 16.3 Å². The monoisotopic (exact) mass is 261 g/mol. The summed E-state index contributed by atoms with van der Waals surface area (Å²) in [5.74, 6) is 1.37. The second-order valence-electron chi connectivity index (χ2n) is 3.99. The molecule has 1 N–H and O–H groups in total. The van der Waals surface area contributed by atoms with E-state index < -0.39 is 0 Å². The predicted molar refractivity (Wildman–Crippen MR) is 76.5 cm³/mol. The molecular weight excluding hydrogens is 246 g/mol. The van der Waals surface area contributed by atoms with Crippen LogP contribution in [-0.2, 0) is 0 Å². The first-order chi connectivity index (χ1) is 8.83. The van der Waals surface area contributed by atoms with E-state index in [0.717, 1.165) is 11.4 Å². The van der Waals surface area contributed by atoms with Crippen molar-refractivity contribution in [3.63, 3.8) is 0 Å². The van der Waals surface area contributed by atoms with Crippen LogP contribution >= 0.6 is 11.6 Å². The number of hydrogen-bond acceptors (Lipinski definition) is 2. The molecule has 3 heteroatoms. The fourth-order valence-corrected chi connectivity index (χ4v) is 2.04. The summed E-state index contributed by atoms with van der Waals surface area (Å²) < 4.78 is 5.13. The average molecular weight is 262 g/mol. The van der Waals surface area contributed by atoms with Gasteiger partial charge in [0.15, 0.2) is 0 Å². The molecule has 0 radical (unpaired) electrons. The summed E-state index contributed by atoms with van der Waals surface area (Å²) in [6.07, 6.45) is 0. The Bertz CT molecular complexity index is 470. The van der Waals surface area contributed by atoms with E-state index in [1.54, 1.807) is 7.11 Å². The molecule has 0 spiro atoms. The number of alkyl halides is 1. The molecule has 1 atom stereocenters. The van der Waals surface area contributed by atoms with E-state index >= 15 is 0 Å². The number of methoxy groups -OCH3 is 1. The number of rotatable bonds is 5. The summed E-state index contributed by atoms with van der Waals surface area (Å²) in [5.41, 5.74) is 2.22. The van der Waals surface area contributed by atoms with E-state index in [1.165, 1.54) is 5.56 Å². The summed E-state index contributed by atoms with van der Waals surface area (Å²) in [7, 11) is 1.66. The zero-order valence-corrected chi connectivity index (χ0v) is 11.0. The lowest BCUT2D eigenvalue weighted by Gasteiger charge is -2.18. The van der Waals surface area contributed by atoms with Gasteiger partial charge < -0.3 is 10.1 Å². The Morgan fingerprint density at radius 3 is 2.28 bits per heavy atom. The van der Waals surface area contributed by atoms with Crippen molar-refractivity contribution in [2.45, 2.75) is 6.04 Å². The van der Waals surface area contributed by atoms with E-state index in [1.807, 2.05) is 42.5 Å². The van der Waals surface area contributed by atoms with Gasteiger partial charge in [-0.25, -0.2) is 0 Å². The van der Waals surface area contributed by atoms with Crippen LogP contribution in [0, 0.1) is 0 Å². The molecule has 0 heterocycles. The zero-order valence-electron chi connectivity index (χ0n) is 10.3. The number of anilines is 1. The Kier molecular flexibility index (Phi) is 4.48. The van der Waals surface area contributed by atoms with Gasteiger partial charge in [-0.3, -0.25) is 0 Å². The number of ether oxygens (including phenoxy) is 1. The van der Waals surface area contributed by atoms with Crippen molar-refractivity contribution < 1.29 is 4.74 Å². The van der Waals surface area contributed by atoms with Crippen LogP contribution in [0.4, 0.5) is 5.69 Å². The molecule has 2 rings (SSSR count). The molecule has 2 aromatic rings. The number of hydrogen-bond donors (Lipinski definition) is 1. The quantitative estimate of drug-likeness (QED) is 0.819. The van der Waals surface area contributed by atoms with Gasteiger partial charge in [0, 0.05) is 11.6 Å². The lowest BCUT2D eigenvalue weighted by molar-refractivity contribution is 0.415. The molecule has 0 fully saturated rings. The molecule has 2 aromatic carbocycles. The van der Waals surface area contributed by atoms with Crippen molar-refractivity contribution in [1.29, 1.82) is 0 Å². The lowest BCUT2D eigenvalue weighted by atomic mass is 10.1. The maximum absolute atomic E-state index is 6.02. The van der Waals surface area contributed by atoms with Crippen LogP contribution in [0.5, 0.6) is 5.75 Å². The SMILES string of the molecule is COc1ccc(NC(CCl)c2ccccc2)cc1. The highest BCUT2D eigenvalue weighted by molar-refractivity contribution is 6.18. The maximum atomic E-state index is 6.02. The van der Waals surface area contributed by atoms with Crippen molar-refractivity contribution in [2.24, 2.45) is 0 Å². The number of benzene rings is 2. The van der Waals surface area contributed by atoms with Crippen molar-refractivity contribution in [1.82, 2.24) is 0 Å². The Hall–Kier alpha value is -1.67. The molecule has 0 amide bonds. The van der Waals surface area contributed by atoms with Gasteiger partial charge in [0.25, 0.3) is 0 Å². The smallest absolute Gasteiger partial charge is 0.119 e. The molecular formula is C15H16ClNO. The molecule has 0 aromatic heterocycles. The fourth-order valence-electron chi connectivity index (χ4n) is 1.78. The average Bonchev–Trinajstić information content (AvgIpc) is 2.46. The third-order valence-electron chi connectivity index (χ3n) is 2.79. The Morgan fingerprint density at radius 1 is 1.06 bits per heavy atom. The van der Waals surface area contributed by atoms with Gasteiger partial charge in [-0.1, -0.05) is 30.3 Å². The van der Waals surface area contributed by atoms with Gasteiger partial charge in [0.2, 0.25) is 0 Å². The standard InChI is InChI=1S/C15H16ClNO/c1-18-14-9-7-13(8-10-14)17-15(11-16)12-5-3-2-4-6-12/h2-10,15,17H,11H2,1H3. The van der Waals surface area contributed by atoms with Crippen molar-refractivity contribution in [2.75, 3.05) is 18.3 Å². The molecule has 0 aliphatic carbocycles. The summed E-state index contributed by atoms with van der Waals surface area (Å²) in [4.78, 5) is 0. The van der Waals surface area contributed by atoms with Crippen LogP contribution < -0.4 is 10.1 Å². The van der Waals surface area contributed by atoms with E-state index in [0.29, 0.717) is 5.88 Å². The summed E-state index contributed by atoms with van der Waals surface area (Å²) >= 11 is 6.02. The van der Waals surface area contributed by atoms with Crippen molar-refractivity contribution in [3.05, 3.63) is 60.2 Å². The minimum Gasteiger partial charge on any atom is -0.497 e. The maximum Gasteiger partial charge on any atom is 0.119 e. The van der Waals surface area contributed by atoms with Crippen LogP contribution in [0.2, 0.25) is 0 Å². The van der Waals surface area contributed by atoms with Crippen molar-refractivity contribution in [3.8, 4) is 5.75 Å². The first kappa shape index (κ1) is 12.8. The fraction of sp³-hybridized carbons (Fsp3) is 0.200. The summed E-state index contributed by atoms with van der Waals surface area (Å²) in [6.45, 7) is 0. The van der Waals surface area contributed by atoms with Gasteiger partial charge >= 0.3 is 0 Å². The van der Waals surface area contributed by atoms with Crippen LogP contribution in [-0.4, -0.2) is 13.0 Å². The molecule has 18 heavy (non-hydrogen) atoms. The number of nitrogens with one attached hydrogen (secondary N) is 1. The molecule has 0 aliphatic rings. The molecule has 0 aliphatic heterocycles. The van der Waals surface area contributed by atoms with Crippen LogP contribution in [0.3, 0.4) is 0 Å². The first-order valence-corrected chi connectivity index (χ1v) is 6.38. The third kappa shape index (κ3) is 3.17. The Morgan fingerprint density at radius 2 is 1.72 bits per heavy atom. The predicted octanol–water partition coefficient (Wildman–Crippen LogP) is 4.09. The van der Waals surface area contributed by atoms with Crippen LogP contribution in [0.15, 0.2) is 54.6 Å². The Labute approximate surface area is 113 Å². The molecule has 0 saturated carbocycles. The zero-order chi connectivity index (χ0) is 12.8. The van der Waals surface area contributed by atoms with Gasteiger partial charge in [-0.15, -0.1) is 11.6 Å². The van der Waals surface area contributed by atoms with E-state index in [2.05, 4.69) is 17.4 Å². The highest BCUT2D eigenvalue weighted by Gasteiger charge is 2.09. The minimum atomic E-state index is 0.112. The normalized spacial score (nSPS) is 11.9. The molecule has 1 unspecified atom stereocenters. The molecule has 0 bridgehead atoms. The van der Waals surface area contributed by atoms with Gasteiger partial charge in [0.1, 0.15) is 5.75 Å². The Balaban J connectivity index is 2.10. The largest absolute Gasteiger partial charge is 0.497 e. The minimum absolute atomic E-state index is 0.112. The van der Waals surface area contributed by atoms with Crippen LogP contribution in [0.25, 0.3) is 0 Å². The molecule has 0 saturated heterocycles. The van der Waals surface area contributed by atoms with E-state index in [9.17, 15) is 0 Å². The van der Waals surface area contributed by atoms with Gasteiger partial charge in [-0.05, 0) is 29.8 Å². The first-order valence-electron chi connectivity index (χ1n) is 5.85. The van der Waals surface area contributed by atoms with Crippen molar-refractivity contribution >= 4 is 17.3 Å². The second kappa shape index (κ2) is 6.31. The van der Waals surface area contributed by atoms with Crippen LogP contribution in [0.1, 0.15) is 11.6 Å². The summed E-state index contributed by atoms with van der Waals surface area (Å²) in [6, 6.07) is 18.1. The summed E-state index contributed by atoms with van der Waals surface area (Å²) in [5, 5.41) is 3.41. The molecule has 94 valence electrons. The topological polar surface area (TPSA) is 21.3 Å². The highest BCUT2D eigenvalue weighted by atomic mass is 35.5. The van der Waals surface area contributed by atoms with Gasteiger partial charge in [0.05, 0.1) is 13.2 Å². The third-order valence-corrected chi connectivity index (χ3v) is 3.10. The van der Waals surface area contributed by atoms with E-state index in [-0.39, 0.29) is 6.04 Å². The number of halogens is 1. The second-order valence-corrected chi connectivity index (χ2v) is 4.30.